The highest BCUT2D eigenvalue weighted by Crippen LogP contribution is 2.23. The lowest BCUT2D eigenvalue weighted by atomic mass is 9.98. The summed E-state index contributed by atoms with van der Waals surface area (Å²) in [6, 6.07) is 9.94. The molecule has 5 nitrogen and oxygen atoms in total. The van der Waals surface area contributed by atoms with Gasteiger partial charge in [0.05, 0.1) is 11.3 Å². The van der Waals surface area contributed by atoms with Gasteiger partial charge in [-0.1, -0.05) is 18.2 Å². The van der Waals surface area contributed by atoms with Crippen molar-refractivity contribution in [2.45, 2.75) is 0 Å². The van der Waals surface area contributed by atoms with Gasteiger partial charge in [0.15, 0.2) is 5.78 Å². The second kappa shape index (κ2) is 4.81. The van der Waals surface area contributed by atoms with Crippen molar-refractivity contribution in [3.8, 4) is 5.75 Å². The van der Waals surface area contributed by atoms with Crippen molar-refractivity contribution < 1.29 is 19.8 Å². The van der Waals surface area contributed by atoms with Gasteiger partial charge < -0.3 is 15.9 Å². The summed E-state index contributed by atoms with van der Waals surface area (Å²) in [7, 11) is 0. The van der Waals surface area contributed by atoms with E-state index in [-0.39, 0.29) is 28.1 Å². The molecule has 19 heavy (non-hydrogen) atoms. The number of benzene rings is 2. The van der Waals surface area contributed by atoms with E-state index in [1.54, 1.807) is 12.1 Å². The zero-order valence-corrected chi connectivity index (χ0v) is 9.83. The number of aromatic carboxylic acids is 1. The first-order chi connectivity index (χ1) is 9.00. The van der Waals surface area contributed by atoms with Crippen LogP contribution in [-0.4, -0.2) is 22.0 Å². The molecular formula is C14H11NO4. The van der Waals surface area contributed by atoms with Crippen LogP contribution < -0.4 is 5.73 Å². The summed E-state index contributed by atoms with van der Waals surface area (Å²) in [6.45, 7) is 0. The number of hydrogen-bond acceptors (Lipinski definition) is 4. The monoisotopic (exact) mass is 257 g/mol. The minimum absolute atomic E-state index is 0.0682. The number of rotatable bonds is 3. The summed E-state index contributed by atoms with van der Waals surface area (Å²) >= 11 is 0. The van der Waals surface area contributed by atoms with E-state index in [4.69, 9.17) is 10.8 Å². The Balaban J connectivity index is 2.50. The maximum atomic E-state index is 12.2. The second-order valence-electron chi connectivity index (χ2n) is 3.95. The van der Waals surface area contributed by atoms with Gasteiger partial charge in [-0.3, -0.25) is 4.79 Å². The third-order valence-corrected chi connectivity index (χ3v) is 2.69. The highest BCUT2D eigenvalue weighted by Gasteiger charge is 2.17. The third kappa shape index (κ3) is 2.40. The molecule has 0 spiro atoms. The molecule has 2 aromatic carbocycles. The normalized spacial score (nSPS) is 10.1. The van der Waals surface area contributed by atoms with Crippen LogP contribution in [-0.2, 0) is 0 Å². The van der Waals surface area contributed by atoms with Crippen molar-refractivity contribution in [1.82, 2.24) is 0 Å². The Kier molecular flexibility index (Phi) is 3.20. The average molecular weight is 257 g/mol. The molecule has 2 aromatic rings. The smallest absolute Gasteiger partial charge is 0.336 e. The summed E-state index contributed by atoms with van der Waals surface area (Å²) in [6.07, 6.45) is 0. The molecular weight excluding hydrogens is 246 g/mol. The van der Waals surface area contributed by atoms with Crippen LogP contribution in [0.2, 0.25) is 0 Å². The van der Waals surface area contributed by atoms with Gasteiger partial charge in [-0.15, -0.1) is 0 Å². The van der Waals surface area contributed by atoms with Crippen LogP contribution in [0.3, 0.4) is 0 Å². The summed E-state index contributed by atoms with van der Waals surface area (Å²) in [5, 5.41) is 18.4. The molecule has 0 bridgehead atoms. The van der Waals surface area contributed by atoms with Crippen LogP contribution in [0.25, 0.3) is 0 Å². The van der Waals surface area contributed by atoms with Gasteiger partial charge in [0.2, 0.25) is 0 Å². The lowest BCUT2D eigenvalue weighted by molar-refractivity contribution is 0.0693. The Morgan fingerprint density at radius 1 is 1.00 bits per heavy atom. The van der Waals surface area contributed by atoms with Gasteiger partial charge in [-0.05, 0) is 24.3 Å². The molecule has 96 valence electrons. The van der Waals surface area contributed by atoms with Crippen LogP contribution in [0.1, 0.15) is 26.3 Å². The lowest BCUT2D eigenvalue weighted by Crippen LogP contribution is -2.09. The first kappa shape index (κ1) is 12.6. The summed E-state index contributed by atoms with van der Waals surface area (Å²) in [5.41, 5.74) is 5.82. The molecule has 0 aromatic heterocycles. The molecule has 0 saturated carbocycles. The first-order valence-electron chi connectivity index (χ1n) is 5.46. The van der Waals surface area contributed by atoms with Gasteiger partial charge in [0, 0.05) is 11.1 Å². The van der Waals surface area contributed by atoms with Gasteiger partial charge >= 0.3 is 5.97 Å². The molecule has 0 heterocycles. The predicted molar refractivity (Wildman–Crippen MR) is 69.4 cm³/mol. The average Bonchev–Trinajstić information content (AvgIpc) is 2.41. The SMILES string of the molecule is Nc1cc(C(=O)c2ccccc2C(=O)O)ccc1O. The molecule has 4 N–H and O–H groups in total. The Morgan fingerprint density at radius 2 is 1.63 bits per heavy atom. The number of nitrogen functional groups attached to an aromatic ring is 1. The topological polar surface area (TPSA) is 101 Å². The van der Waals surface area contributed by atoms with Gasteiger partial charge in [-0.2, -0.15) is 0 Å². The number of phenolic OH excluding ortho intramolecular Hbond substituents is 1. The Morgan fingerprint density at radius 3 is 2.21 bits per heavy atom. The number of carbonyl (C=O) groups excluding carboxylic acids is 1. The molecule has 0 unspecified atom stereocenters. The summed E-state index contributed by atoms with van der Waals surface area (Å²) in [4.78, 5) is 23.3. The minimum Gasteiger partial charge on any atom is -0.506 e. The van der Waals surface area contributed by atoms with Crippen LogP contribution in [0.4, 0.5) is 5.69 Å². The zero-order chi connectivity index (χ0) is 14.0. The molecule has 0 atom stereocenters. The van der Waals surface area contributed by atoms with Crippen molar-refractivity contribution in [2.24, 2.45) is 0 Å². The molecule has 0 radical (unpaired) electrons. The van der Waals surface area contributed by atoms with Gasteiger partial charge in [-0.25, -0.2) is 4.79 Å². The second-order valence-corrected chi connectivity index (χ2v) is 3.95. The molecule has 0 aliphatic heterocycles. The van der Waals surface area contributed by atoms with Crippen molar-refractivity contribution in [1.29, 1.82) is 0 Å². The van der Waals surface area contributed by atoms with Crippen molar-refractivity contribution in [3.05, 3.63) is 59.2 Å². The van der Waals surface area contributed by atoms with Crippen molar-refractivity contribution >= 4 is 17.4 Å². The highest BCUT2D eigenvalue weighted by atomic mass is 16.4. The van der Waals surface area contributed by atoms with Gasteiger partial charge in [0.1, 0.15) is 5.75 Å². The molecule has 0 aliphatic carbocycles. The molecule has 0 fully saturated rings. The maximum Gasteiger partial charge on any atom is 0.336 e. The van der Waals surface area contributed by atoms with Crippen LogP contribution >= 0.6 is 0 Å². The Bertz CT molecular complexity index is 664. The molecule has 0 saturated heterocycles. The van der Waals surface area contributed by atoms with Crippen LogP contribution in [0.5, 0.6) is 5.75 Å². The highest BCUT2D eigenvalue weighted by molar-refractivity contribution is 6.14. The molecule has 0 amide bonds. The first-order valence-corrected chi connectivity index (χ1v) is 5.46. The molecule has 2 rings (SSSR count). The number of carbonyl (C=O) groups is 2. The number of ketones is 1. The molecule has 0 aliphatic rings. The van der Waals surface area contributed by atoms with Crippen LogP contribution in [0, 0.1) is 0 Å². The van der Waals surface area contributed by atoms with Crippen LogP contribution in [0.15, 0.2) is 42.5 Å². The number of carboxylic acids is 1. The number of anilines is 1. The van der Waals surface area contributed by atoms with E-state index in [9.17, 15) is 14.7 Å². The lowest BCUT2D eigenvalue weighted by Gasteiger charge is -2.06. The van der Waals surface area contributed by atoms with E-state index in [2.05, 4.69) is 0 Å². The van der Waals surface area contributed by atoms with Crippen molar-refractivity contribution in [3.63, 3.8) is 0 Å². The number of hydrogen-bond donors (Lipinski definition) is 3. The fourth-order valence-electron chi connectivity index (χ4n) is 1.72. The minimum atomic E-state index is -1.17. The molecule has 5 heteroatoms. The van der Waals surface area contributed by atoms with E-state index >= 15 is 0 Å². The number of nitrogens with two attached hydrogens (primary N) is 1. The fraction of sp³-hybridized carbons (Fsp3) is 0. The Hall–Kier alpha value is -2.82. The van der Waals surface area contributed by atoms with E-state index in [1.165, 1.54) is 30.3 Å². The predicted octanol–water partition coefficient (Wildman–Crippen LogP) is 1.90. The number of aromatic hydroxyl groups is 1. The zero-order valence-electron chi connectivity index (χ0n) is 9.83. The fourth-order valence-corrected chi connectivity index (χ4v) is 1.72. The largest absolute Gasteiger partial charge is 0.506 e. The Labute approximate surface area is 108 Å². The van der Waals surface area contributed by atoms with Crippen molar-refractivity contribution in [2.75, 3.05) is 5.73 Å². The van der Waals surface area contributed by atoms with E-state index in [0.717, 1.165) is 0 Å². The van der Waals surface area contributed by atoms with E-state index in [1.807, 2.05) is 0 Å². The standard InChI is InChI=1S/C14H11NO4/c15-11-7-8(5-6-12(11)16)13(17)9-3-1-2-4-10(9)14(18)19/h1-7,16H,15H2,(H,18,19). The third-order valence-electron chi connectivity index (χ3n) is 2.69. The summed E-state index contributed by atoms with van der Waals surface area (Å²) < 4.78 is 0. The van der Waals surface area contributed by atoms with E-state index < -0.39 is 11.8 Å². The van der Waals surface area contributed by atoms with E-state index in [0.29, 0.717) is 0 Å². The number of carboxylic acid groups (broad SMARTS) is 1. The quantitative estimate of drug-likeness (QED) is 0.443. The number of phenols is 1. The summed E-state index contributed by atoms with van der Waals surface area (Å²) in [5.74, 6) is -1.75. The van der Waals surface area contributed by atoms with Gasteiger partial charge in [0.25, 0.3) is 0 Å². The maximum absolute atomic E-state index is 12.2.